The van der Waals surface area contributed by atoms with Crippen molar-refractivity contribution in [2.45, 2.75) is 31.2 Å². The van der Waals surface area contributed by atoms with Crippen molar-refractivity contribution in [1.29, 1.82) is 0 Å². The van der Waals surface area contributed by atoms with E-state index in [0.717, 1.165) is 22.3 Å². The number of alkyl carbamates (subject to hydrolysis) is 1. The number of urea groups is 1. The molecule has 1 aliphatic heterocycles. The molecule has 1 aliphatic carbocycles. The maximum absolute atomic E-state index is 12.5. The van der Waals surface area contributed by atoms with Crippen LogP contribution in [0.2, 0.25) is 0 Å². The number of rotatable bonds is 13. The molecule has 0 radical (unpaired) electrons. The predicted octanol–water partition coefficient (Wildman–Crippen LogP) is 3.21. The highest BCUT2D eigenvalue weighted by atomic mass is 16.5. The summed E-state index contributed by atoms with van der Waals surface area (Å²) in [6.07, 6.45) is 1.99. The van der Waals surface area contributed by atoms with Gasteiger partial charge in [0, 0.05) is 38.6 Å². The largest absolute Gasteiger partial charge is 0.480 e. The molecule has 3 N–H and O–H groups in total. The fourth-order valence-electron chi connectivity index (χ4n) is 5.31. The highest BCUT2D eigenvalue weighted by Gasteiger charge is 2.30. The van der Waals surface area contributed by atoms with E-state index in [4.69, 9.17) is 9.47 Å². The smallest absolute Gasteiger partial charge is 0.407 e. The fraction of sp³-hybridized carbons (Fsp3) is 0.419. The van der Waals surface area contributed by atoms with E-state index in [9.17, 15) is 24.3 Å². The second-order valence-corrected chi connectivity index (χ2v) is 10.3. The number of benzene rings is 2. The molecule has 0 unspecified atom stereocenters. The molecule has 2 aliphatic rings. The van der Waals surface area contributed by atoms with Gasteiger partial charge in [-0.25, -0.2) is 14.4 Å². The number of esters is 1. The van der Waals surface area contributed by atoms with Gasteiger partial charge in [-0.3, -0.25) is 9.69 Å². The van der Waals surface area contributed by atoms with E-state index >= 15 is 0 Å². The zero-order valence-electron chi connectivity index (χ0n) is 23.6. The summed E-state index contributed by atoms with van der Waals surface area (Å²) >= 11 is 0. The van der Waals surface area contributed by atoms with Crippen LogP contribution < -0.4 is 10.6 Å². The number of carboxylic acid groups (broad SMARTS) is 1. The summed E-state index contributed by atoms with van der Waals surface area (Å²) in [7, 11) is 0. The topological polar surface area (TPSA) is 138 Å². The van der Waals surface area contributed by atoms with Gasteiger partial charge in [0.25, 0.3) is 0 Å². The number of amides is 3. The van der Waals surface area contributed by atoms with Crippen molar-refractivity contribution in [1.82, 2.24) is 20.4 Å². The molecule has 224 valence electrons. The number of carboxylic acids is 1. The van der Waals surface area contributed by atoms with Crippen molar-refractivity contribution in [3.8, 4) is 11.1 Å². The molecule has 11 nitrogen and oxygen atoms in total. The first-order valence-corrected chi connectivity index (χ1v) is 14.2. The van der Waals surface area contributed by atoms with Gasteiger partial charge >= 0.3 is 24.1 Å². The molecule has 2 aromatic carbocycles. The van der Waals surface area contributed by atoms with Gasteiger partial charge in [0.05, 0.1) is 6.54 Å². The molecule has 0 saturated carbocycles. The van der Waals surface area contributed by atoms with Crippen LogP contribution in [-0.2, 0) is 19.1 Å². The van der Waals surface area contributed by atoms with Crippen LogP contribution in [0, 0.1) is 0 Å². The number of nitrogens with one attached hydrogen (secondary N) is 2. The number of unbranched alkanes of at least 4 members (excludes halogenated alkanes) is 1. The van der Waals surface area contributed by atoms with Gasteiger partial charge in [-0.2, -0.15) is 0 Å². The fourth-order valence-corrected chi connectivity index (χ4v) is 5.31. The average molecular weight is 579 g/mol. The molecule has 4 rings (SSSR count). The minimum absolute atomic E-state index is 0.103. The predicted molar refractivity (Wildman–Crippen MR) is 156 cm³/mol. The second kappa shape index (κ2) is 15.0. The number of carbonyl (C=O) groups excluding carboxylic acids is 3. The van der Waals surface area contributed by atoms with E-state index < -0.39 is 18.1 Å². The van der Waals surface area contributed by atoms with Crippen LogP contribution in [0.25, 0.3) is 11.1 Å². The van der Waals surface area contributed by atoms with Gasteiger partial charge < -0.3 is 30.1 Å². The second-order valence-electron chi connectivity index (χ2n) is 10.3. The number of aliphatic carboxylic acids is 1. The van der Waals surface area contributed by atoms with E-state index in [1.165, 1.54) is 6.08 Å². The average Bonchev–Trinajstić information content (AvgIpc) is 3.32. The lowest BCUT2D eigenvalue weighted by Gasteiger charge is -2.34. The van der Waals surface area contributed by atoms with Gasteiger partial charge in [0.15, 0.2) is 0 Å². The molecule has 11 heteroatoms. The van der Waals surface area contributed by atoms with Gasteiger partial charge in [-0.05, 0) is 41.5 Å². The summed E-state index contributed by atoms with van der Waals surface area (Å²) in [5.74, 6) is -1.57. The van der Waals surface area contributed by atoms with E-state index in [1.54, 1.807) is 4.90 Å². The number of piperazine rings is 1. The molecule has 1 heterocycles. The molecule has 3 amide bonds. The van der Waals surface area contributed by atoms with Gasteiger partial charge in [-0.1, -0.05) is 61.2 Å². The summed E-state index contributed by atoms with van der Waals surface area (Å²) in [4.78, 5) is 52.1. The van der Waals surface area contributed by atoms with Crippen LogP contribution in [0.5, 0.6) is 0 Å². The van der Waals surface area contributed by atoms with Crippen molar-refractivity contribution in [2.24, 2.45) is 0 Å². The maximum Gasteiger partial charge on any atom is 0.407 e. The van der Waals surface area contributed by atoms with E-state index in [2.05, 4.69) is 17.2 Å². The lowest BCUT2D eigenvalue weighted by atomic mass is 9.98. The van der Waals surface area contributed by atoms with Crippen molar-refractivity contribution in [3.05, 3.63) is 72.3 Å². The molecule has 42 heavy (non-hydrogen) atoms. The third-order valence-corrected chi connectivity index (χ3v) is 7.50. The van der Waals surface area contributed by atoms with Crippen LogP contribution in [0.1, 0.15) is 36.3 Å². The van der Waals surface area contributed by atoms with Crippen molar-refractivity contribution < 1.29 is 33.8 Å². The van der Waals surface area contributed by atoms with Crippen molar-refractivity contribution in [3.63, 3.8) is 0 Å². The third kappa shape index (κ3) is 8.10. The third-order valence-electron chi connectivity index (χ3n) is 7.50. The Morgan fingerprint density at radius 1 is 0.952 bits per heavy atom. The Labute approximate surface area is 245 Å². The molecule has 1 atom stereocenters. The first kappa shape index (κ1) is 30.6. The monoisotopic (exact) mass is 578 g/mol. The molecular formula is C31H38N4O7. The first-order chi connectivity index (χ1) is 20.4. The van der Waals surface area contributed by atoms with Crippen LogP contribution in [0.15, 0.2) is 61.2 Å². The molecule has 1 saturated heterocycles. The Kier molecular flexibility index (Phi) is 10.9. The van der Waals surface area contributed by atoms with Crippen LogP contribution in [0.4, 0.5) is 9.59 Å². The molecule has 2 aromatic rings. The lowest BCUT2D eigenvalue weighted by molar-refractivity contribution is -0.144. The van der Waals surface area contributed by atoms with Gasteiger partial charge in [0.1, 0.15) is 19.3 Å². The summed E-state index contributed by atoms with van der Waals surface area (Å²) in [6.45, 7) is 6.47. The van der Waals surface area contributed by atoms with Crippen molar-refractivity contribution in [2.75, 3.05) is 52.5 Å². The number of ether oxygens (including phenoxy) is 2. The first-order valence-electron chi connectivity index (χ1n) is 14.2. The number of fused-ring (bicyclic) bond motifs is 3. The van der Waals surface area contributed by atoms with E-state index in [-0.39, 0.29) is 44.1 Å². The normalized spacial score (nSPS) is 15.2. The minimum Gasteiger partial charge on any atom is -0.480 e. The molecule has 0 spiro atoms. The Bertz CT molecular complexity index is 1230. The zero-order chi connectivity index (χ0) is 29.9. The van der Waals surface area contributed by atoms with E-state index in [1.807, 2.05) is 53.4 Å². The van der Waals surface area contributed by atoms with Crippen LogP contribution in [-0.4, -0.2) is 97.5 Å². The maximum atomic E-state index is 12.5. The molecule has 0 aromatic heterocycles. The van der Waals surface area contributed by atoms with E-state index in [0.29, 0.717) is 45.6 Å². The quantitative estimate of drug-likeness (QED) is 0.187. The highest BCUT2D eigenvalue weighted by Crippen LogP contribution is 2.44. The van der Waals surface area contributed by atoms with Gasteiger partial charge in [-0.15, -0.1) is 0 Å². The molecule has 0 bridgehead atoms. The standard InChI is InChI=1S/C31H38N4O7/c1-2-19-41-28(36)20-34-15-17-35(18-16-34)30(39)32-14-8-7-13-27(29(37)38)33-31(40)42-21-26-24-11-5-3-9-22(24)23-10-4-6-12-25(23)26/h2-6,9-12,26-27H,1,7-8,13-21H2,(H,32,39)(H,33,40)(H,37,38)/t27-/m0/s1. The lowest BCUT2D eigenvalue weighted by Crippen LogP contribution is -2.52. The SMILES string of the molecule is C=CCOC(=O)CN1CCN(C(=O)NCCCC[C@H](NC(=O)OCC2c3ccccc3-c3ccccc32)C(=O)O)CC1. The molecule has 1 fully saturated rings. The Hall–Kier alpha value is -4.38. The summed E-state index contributed by atoms with van der Waals surface area (Å²) in [6, 6.07) is 14.7. The zero-order valence-corrected chi connectivity index (χ0v) is 23.6. The molecular weight excluding hydrogens is 540 g/mol. The number of hydrogen-bond acceptors (Lipinski definition) is 7. The summed E-state index contributed by atoms with van der Waals surface area (Å²) < 4.78 is 10.5. The number of nitrogens with zero attached hydrogens (tertiary/aromatic N) is 2. The highest BCUT2D eigenvalue weighted by molar-refractivity contribution is 5.81. The number of carbonyl (C=O) groups is 4. The summed E-state index contributed by atoms with van der Waals surface area (Å²) in [5.41, 5.74) is 4.38. The Morgan fingerprint density at radius 2 is 1.60 bits per heavy atom. The van der Waals surface area contributed by atoms with Crippen LogP contribution in [0.3, 0.4) is 0 Å². The van der Waals surface area contributed by atoms with Gasteiger partial charge in [0.2, 0.25) is 0 Å². The van der Waals surface area contributed by atoms with Crippen molar-refractivity contribution >= 4 is 24.1 Å². The Morgan fingerprint density at radius 3 is 2.21 bits per heavy atom. The number of hydrogen-bond donors (Lipinski definition) is 3. The minimum atomic E-state index is -1.14. The Balaban J connectivity index is 1.13. The summed E-state index contributed by atoms with van der Waals surface area (Å²) in [5, 5.41) is 14.9. The van der Waals surface area contributed by atoms with Crippen LogP contribution >= 0.6 is 0 Å².